The molecule has 1 aliphatic rings. The van der Waals surface area contributed by atoms with E-state index in [1.807, 2.05) is 0 Å². The number of aromatic hydroxyl groups is 1. The zero-order chi connectivity index (χ0) is 20.9. The third-order valence-electron chi connectivity index (χ3n) is 4.33. The molecule has 0 spiro atoms. The van der Waals surface area contributed by atoms with Crippen molar-refractivity contribution >= 4 is 34.0 Å². The molecule has 11 heteroatoms. The molecule has 0 saturated carbocycles. The van der Waals surface area contributed by atoms with Crippen LogP contribution in [-0.2, 0) is 0 Å². The normalized spacial score (nSPS) is 12.9. The average Bonchev–Trinajstić information content (AvgIpc) is 2.68. The third kappa shape index (κ3) is 2.77. The van der Waals surface area contributed by atoms with E-state index in [0.717, 1.165) is 18.2 Å². The Bertz CT molecular complexity index is 1250. The van der Waals surface area contributed by atoms with Crippen LogP contribution in [-0.4, -0.2) is 31.8 Å². The van der Waals surface area contributed by atoms with Crippen molar-refractivity contribution in [3.05, 3.63) is 79.9 Å². The van der Waals surface area contributed by atoms with Crippen LogP contribution in [0.15, 0.2) is 48.5 Å². The van der Waals surface area contributed by atoms with Gasteiger partial charge in [0, 0.05) is 11.5 Å². The number of hydroxylamine groups is 2. The Morgan fingerprint density at radius 3 is 2.31 bits per heavy atom. The van der Waals surface area contributed by atoms with E-state index in [4.69, 9.17) is 4.84 Å². The predicted molar refractivity (Wildman–Crippen MR) is 96.5 cm³/mol. The summed E-state index contributed by atoms with van der Waals surface area (Å²) in [6.07, 6.45) is 0. The highest BCUT2D eigenvalue weighted by Gasteiger charge is 2.37. The van der Waals surface area contributed by atoms with Crippen molar-refractivity contribution in [1.29, 1.82) is 0 Å². The highest BCUT2D eigenvalue weighted by atomic mass is 16.7. The van der Waals surface area contributed by atoms with Crippen molar-refractivity contribution in [3.8, 4) is 11.5 Å². The fourth-order valence-electron chi connectivity index (χ4n) is 3.09. The van der Waals surface area contributed by atoms with Gasteiger partial charge in [0.15, 0.2) is 0 Å². The highest BCUT2D eigenvalue weighted by molar-refractivity contribution is 6.25. The Hall–Kier alpha value is -4.54. The predicted octanol–water partition coefficient (Wildman–Crippen LogP) is 2.95. The quantitative estimate of drug-likeness (QED) is 0.402. The Morgan fingerprint density at radius 1 is 0.897 bits per heavy atom. The summed E-state index contributed by atoms with van der Waals surface area (Å²) < 4.78 is 0. The second kappa shape index (κ2) is 6.27. The van der Waals surface area contributed by atoms with Gasteiger partial charge in [0.05, 0.1) is 27.0 Å². The van der Waals surface area contributed by atoms with Gasteiger partial charge in [-0.05, 0) is 29.7 Å². The van der Waals surface area contributed by atoms with Gasteiger partial charge in [-0.3, -0.25) is 29.8 Å². The van der Waals surface area contributed by atoms with Gasteiger partial charge < -0.3 is 9.94 Å². The number of nitrogens with zero attached hydrogens (tertiary/aromatic N) is 3. The summed E-state index contributed by atoms with van der Waals surface area (Å²) in [4.78, 5) is 51.2. The van der Waals surface area contributed by atoms with Crippen molar-refractivity contribution < 1.29 is 29.4 Å². The molecule has 29 heavy (non-hydrogen) atoms. The molecule has 0 aliphatic carbocycles. The number of hydrogen-bond donors (Lipinski definition) is 1. The van der Waals surface area contributed by atoms with Gasteiger partial charge in [-0.2, -0.15) is 0 Å². The first-order valence-electron chi connectivity index (χ1n) is 8.03. The number of nitro groups is 2. The maximum atomic E-state index is 12.8. The first-order valence-corrected chi connectivity index (χ1v) is 8.03. The maximum absolute atomic E-state index is 12.8. The molecule has 0 saturated heterocycles. The van der Waals surface area contributed by atoms with E-state index in [1.54, 1.807) is 12.1 Å². The second-order valence-electron chi connectivity index (χ2n) is 6.06. The van der Waals surface area contributed by atoms with Crippen molar-refractivity contribution in [2.24, 2.45) is 0 Å². The lowest BCUT2D eigenvalue weighted by Crippen LogP contribution is -2.42. The van der Waals surface area contributed by atoms with Gasteiger partial charge in [0.2, 0.25) is 5.75 Å². The summed E-state index contributed by atoms with van der Waals surface area (Å²) in [6, 6.07) is 9.67. The molecule has 0 unspecified atom stereocenters. The lowest BCUT2D eigenvalue weighted by molar-refractivity contribution is -0.395. The number of amides is 2. The van der Waals surface area contributed by atoms with Crippen LogP contribution in [0.2, 0.25) is 0 Å². The fourth-order valence-corrected chi connectivity index (χ4v) is 3.09. The van der Waals surface area contributed by atoms with Gasteiger partial charge in [-0.1, -0.05) is 17.2 Å². The minimum atomic E-state index is -0.942. The molecule has 1 N–H and O–H groups in total. The number of carbonyl (C=O) groups is 2. The van der Waals surface area contributed by atoms with Gasteiger partial charge >= 0.3 is 5.69 Å². The van der Waals surface area contributed by atoms with Crippen molar-refractivity contribution in [1.82, 2.24) is 5.06 Å². The first-order chi connectivity index (χ1) is 13.8. The first kappa shape index (κ1) is 17.9. The summed E-state index contributed by atoms with van der Waals surface area (Å²) in [5.41, 5.74) is -1.28. The SMILES string of the molecule is O=C1c2cccc3cc(O)cc(c23)C(=O)N1Oc1ccc([N+](=O)[O-])cc1[N+](=O)[O-]. The molecule has 0 fully saturated rings. The molecular weight excluding hydrogens is 386 g/mol. The van der Waals surface area contributed by atoms with Crippen molar-refractivity contribution in [3.63, 3.8) is 0 Å². The van der Waals surface area contributed by atoms with E-state index in [0.29, 0.717) is 21.9 Å². The number of imide groups is 1. The van der Waals surface area contributed by atoms with E-state index in [9.17, 15) is 34.9 Å². The molecule has 0 radical (unpaired) electrons. The number of phenolic OH excluding ortho intramolecular Hbond substituents is 1. The van der Waals surface area contributed by atoms with Crippen LogP contribution >= 0.6 is 0 Å². The van der Waals surface area contributed by atoms with E-state index < -0.39 is 38.8 Å². The molecular formula is C18H9N3O8. The lowest BCUT2D eigenvalue weighted by Gasteiger charge is -2.26. The molecule has 2 amide bonds. The van der Waals surface area contributed by atoms with Crippen LogP contribution in [0, 0.1) is 20.2 Å². The van der Waals surface area contributed by atoms with Gasteiger partial charge in [0.25, 0.3) is 17.5 Å². The molecule has 1 heterocycles. The van der Waals surface area contributed by atoms with Gasteiger partial charge in [0.1, 0.15) is 5.75 Å². The molecule has 144 valence electrons. The Kier molecular flexibility index (Phi) is 3.86. The maximum Gasteiger partial charge on any atom is 0.321 e. The number of non-ortho nitro benzene ring substituents is 1. The summed E-state index contributed by atoms with van der Waals surface area (Å²) in [5.74, 6) is -2.56. The zero-order valence-corrected chi connectivity index (χ0v) is 14.3. The Balaban J connectivity index is 1.82. The lowest BCUT2D eigenvalue weighted by atomic mass is 9.95. The Morgan fingerprint density at radius 2 is 1.62 bits per heavy atom. The van der Waals surface area contributed by atoms with Gasteiger partial charge in [-0.15, -0.1) is 0 Å². The molecule has 1 aliphatic heterocycles. The van der Waals surface area contributed by atoms with Crippen molar-refractivity contribution in [2.45, 2.75) is 0 Å². The topological polar surface area (TPSA) is 153 Å². The molecule has 4 rings (SSSR count). The van der Waals surface area contributed by atoms with Crippen LogP contribution in [0.1, 0.15) is 20.7 Å². The largest absolute Gasteiger partial charge is 0.508 e. The van der Waals surface area contributed by atoms with E-state index in [2.05, 4.69) is 0 Å². The van der Waals surface area contributed by atoms with Crippen LogP contribution in [0.4, 0.5) is 11.4 Å². The van der Waals surface area contributed by atoms with Gasteiger partial charge in [-0.25, -0.2) is 0 Å². The molecule has 11 nitrogen and oxygen atoms in total. The van der Waals surface area contributed by atoms with Crippen molar-refractivity contribution in [2.75, 3.05) is 0 Å². The zero-order valence-electron chi connectivity index (χ0n) is 14.3. The smallest absolute Gasteiger partial charge is 0.321 e. The fraction of sp³-hybridized carbons (Fsp3) is 0. The van der Waals surface area contributed by atoms with Crippen LogP contribution in [0.3, 0.4) is 0 Å². The Labute approximate surface area is 160 Å². The summed E-state index contributed by atoms with van der Waals surface area (Å²) in [7, 11) is 0. The number of nitro benzene ring substituents is 2. The molecule has 0 atom stereocenters. The monoisotopic (exact) mass is 395 g/mol. The number of benzene rings is 3. The number of phenols is 1. The molecule has 3 aromatic rings. The third-order valence-corrected chi connectivity index (χ3v) is 4.33. The molecule has 0 aromatic heterocycles. The molecule has 3 aromatic carbocycles. The minimum absolute atomic E-state index is 0.0280. The van der Waals surface area contributed by atoms with Crippen LogP contribution < -0.4 is 4.84 Å². The van der Waals surface area contributed by atoms with E-state index in [-0.39, 0.29) is 16.9 Å². The summed E-state index contributed by atoms with van der Waals surface area (Å²) in [6.45, 7) is 0. The van der Waals surface area contributed by atoms with E-state index >= 15 is 0 Å². The summed E-state index contributed by atoms with van der Waals surface area (Å²) in [5, 5.41) is 33.1. The minimum Gasteiger partial charge on any atom is -0.508 e. The standard InChI is InChI=1S/C18H9N3O8/c22-11-6-9-2-1-3-12-16(9)13(8-11)18(24)19(17(12)23)29-15-5-4-10(20(25)26)7-14(15)21(27)28/h1-8,22H. The number of carbonyl (C=O) groups excluding carboxylic acids is 2. The summed E-state index contributed by atoms with van der Waals surface area (Å²) >= 11 is 0. The highest BCUT2D eigenvalue weighted by Crippen LogP contribution is 2.36. The second-order valence-corrected chi connectivity index (χ2v) is 6.06. The molecule has 0 bridgehead atoms. The van der Waals surface area contributed by atoms with E-state index in [1.165, 1.54) is 12.1 Å². The number of rotatable bonds is 4. The van der Waals surface area contributed by atoms with Crippen LogP contribution in [0.5, 0.6) is 11.5 Å². The average molecular weight is 395 g/mol. The van der Waals surface area contributed by atoms with Crippen LogP contribution in [0.25, 0.3) is 10.8 Å². The number of hydrogen-bond acceptors (Lipinski definition) is 8.